The lowest BCUT2D eigenvalue weighted by Gasteiger charge is -2.35. The summed E-state index contributed by atoms with van der Waals surface area (Å²) < 4.78 is 5.31. The van der Waals surface area contributed by atoms with Crippen LogP contribution in [0.25, 0.3) is 22.4 Å². The highest BCUT2D eigenvalue weighted by atomic mass is 16.4. The second-order valence-electron chi connectivity index (χ2n) is 7.26. The summed E-state index contributed by atoms with van der Waals surface area (Å²) in [5.41, 5.74) is 1.41. The number of amides is 1. The smallest absolute Gasteiger partial charge is 0.349 e. The molecule has 1 aliphatic heterocycles. The Bertz CT molecular complexity index is 1280. The molecule has 8 nitrogen and oxygen atoms in total. The fourth-order valence-electron chi connectivity index (χ4n) is 3.66. The van der Waals surface area contributed by atoms with E-state index < -0.39 is 5.63 Å². The van der Waals surface area contributed by atoms with E-state index in [1.807, 2.05) is 42.5 Å². The predicted octanol–water partition coefficient (Wildman–Crippen LogP) is 2.61. The van der Waals surface area contributed by atoms with Gasteiger partial charge in [0.1, 0.15) is 16.8 Å². The van der Waals surface area contributed by atoms with Gasteiger partial charge in [-0.15, -0.1) is 10.2 Å². The van der Waals surface area contributed by atoms with Gasteiger partial charge in [0.15, 0.2) is 5.82 Å². The zero-order chi connectivity index (χ0) is 21.2. The molecule has 8 heteroatoms. The van der Waals surface area contributed by atoms with Gasteiger partial charge in [0, 0.05) is 37.8 Å². The largest absolute Gasteiger partial charge is 0.422 e. The molecule has 4 heterocycles. The Hall–Kier alpha value is -4.07. The number of nitrogens with zero attached hydrogens (tertiary/aromatic N) is 5. The van der Waals surface area contributed by atoms with E-state index in [1.54, 1.807) is 29.3 Å². The van der Waals surface area contributed by atoms with Crippen LogP contribution in [0.3, 0.4) is 0 Å². The van der Waals surface area contributed by atoms with Crippen molar-refractivity contribution in [2.45, 2.75) is 0 Å². The Balaban J connectivity index is 1.28. The Morgan fingerprint density at radius 2 is 1.68 bits per heavy atom. The molecule has 31 heavy (non-hydrogen) atoms. The van der Waals surface area contributed by atoms with Crippen LogP contribution in [0.15, 0.2) is 76.1 Å². The maximum Gasteiger partial charge on any atom is 0.349 e. The normalized spacial score (nSPS) is 14.1. The lowest BCUT2D eigenvalue weighted by molar-refractivity contribution is 0.0742. The number of para-hydroxylation sites is 1. The van der Waals surface area contributed by atoms with E-state index in [1.165, 1.54) is 0 Å². The molecule has 0 saturated carbocycles. The highest BCUT2D eigenvalue weighted by Gasteiger charge is 2.25. The molecule has 1 amide bonds. The van der Waals surface area contributed by atoms with Crippen LogP contribution in [0, 0.1) is 0 Å². The van der Waals surface area contributed by atoms with Gasteiger partial charge in [0.25, 0.3) is 5.91 Å². The third-order valence-corrected chi connectivity index (χ3v) is 5.34. The number of piperazine rings is 1. The molecule has 1 saturated heterocycles. The molecular weight excluding hydrogens is 394 g/mol. The summed E-state index contributed by atoms with van der Waals surface area (Å²) in [6, 6.07) is 18.2. The summed E-state index contributed by atoms with van der Waals surface area (Å²) in [7, 11) is 0. The number of hydrogen-bond donors (Lipinski definition) is 0. The zero-order valence-corrected chi connectivity index (χ0v) is 16.6. The van der Waals surface area contributed by atoms with Gasteiger partial charge >= 0.3 is 5.63 Å². The summed E-state index contributed by atoms with van der Waals surface area (Å²) >= 11 is 0. The molecule has 3 aromatic heterocycles. The molecule has 4 aromatic rings. The summed E-state index contributed by atoms with van der Waals surface area (Å²) in [6.45, 7) is 2.16. The van der Waals surface area contributed by atoms with Crippen molar-refractivity contribution in [3.05, 3.63) is 82.8 Å². The van der Waals surface area contributed by atoms with Crippen LogP contribution >= 0.6 is 0 Å². The standard InChI is InChI=1S/C23H19N5O3/c29-22(17-15-16-5-1-2-7-20(16)31-23(17)30)28-13-11-27(12-14-28)21-9-8-19(25-26-21)18-6-3-4-10-24-18/h1-10,15H,11-14H2. The van der Waals surface area contributed by atoms with Gasteiger partial charge < -0.3 is 14.2 Å². The van der Waals surface area contributed by atoms with Crippen molar-refractivity contribution < 1.29 is 9.21 Å². The SMILES string of the molecule is O=C(c1cc2ccccc2oc1=O)N1CCN(c2ccc(-c3ccccn3)nn2)CC1. The number of anilines is 1. The minimum absolute atomic E-state index is 0.0617. The second-order valence-corrected chi connectivity index (χ2v) is 7.26. The van der Waals surface area contributed by atoms with Gasteiger partial charge in [-0.2, -0.15) is 0 Å². The van der Waals surface area contributed by atoms with Crippen molar-refractivity contribution >= 4 is 22.7 Å². The summed E-state index contributed by atoms with van der Waals surface area (Å²) in [5.74, 6) is 0.438. The minimum Gasteiger partial charge on any atom is -0.422 e. The van der Waals surface area contributed by atoms with Crippen molar-refractivity contribution in [1.29, 1.82) is 0 Å². The fourth-order valence-corrected chi connectivity index (χ4v) is 3.66. The molecule has 0 radical (unpaired) electrons. The number of fused-ring (bicyclic) bond motifs is 1. The number of aromatic nitrogens is 3. The molecule has 0 spiro atoms. The Morgan fingerprint density at radius 3 is 2.42 bits per heavy atom. The summed E-state index contributed by atoms with van der Waals surface area (Å²) in [5, 5.41) is 9.33. The second kappa shape index (κ2) is 7.98. The molecule has 1 aromatic carbocycles. The molecule has 0 unspecified atom stereocenters. The number of carbonyl (C=O) groups excluding carboxylic acids is 1. The van der Waals surface area contributed by atoms with Crippen LogP contribution in [0.4, 0.5) is 5.82 Å². The van der Waals surface area contributed by atoms with E-state index >= 15 is 0 Å². The molecular formula is C23H19N5O3. The average Bonchev–Trinajstić information content (AvgIpc) is 2.84. The van der Waals surface area contributed by atoms with E-state index in [4.69, 9.17) is 4.42 Å². The highest BCUT2D eigenvalue weighted by molar-refractivity contribution is 5.96. The van der Waals surface area contributed by atoms with Crippen molar-refractivity contribution in [2.75, 3.05) is 31.1 Å². The topological polar surface area (TPSA) is 92.4 Å². The average molecular weight is 413 g/mol. The Kier molecular flexibility index (Phi) is 4.87. The molecule has 5 rings (SSSR count). The first-order valence-corrected chi connectivity index (χ1v) is 10.0. The molecule has 1 fully saturated rings. The van der Waals surface area contributed by atoms with Gasteiger partial charge in [-0.05, 0) is 36.4 Å². The van der Waals surface area contributed by atoms with Crippen LogP contribution in [0.2, 0.25) is 0 Å². The highest BCUT2D eigenvalue weighted by Crippen LogP contribution is 2.19. The number of rotatable bonds is 3. The first-order valence-electron chi connectivity index (χ1n) is 10.0. The molecule has 0 atom stereocenters. The number of benzene rings is 1. The van der Waals surface area contributed by atoms with Crippen molar-refractivity contribution in [2.24, 2.45) is 0 Å². The van der Waals surface area contributed by atoms with Crippen LogP contribution in [0.5, 0.6) is 0 Å². The van der Waals surface area contributed by atoms with Crippen LogP contribution in [0.1, 0.15) is 10.4 Å². The maximum atomic E-state index is 12.9. The molecule has 154 valence electrons. The first kappa shape index (κ1) is 18.9. The van der Waals surface area contributed by atoms with Gasteiger partial charge in [0.2, 0.25) is 0 Å². The maximum absolute atomic E-state index is 12.9. The van der Waals surface area contributed by atoms with Crippen molar-refractivity contribution in [3.8, 4) is 11.4 Å². The van der Waals surface area contributed by atoms with Crippen LogP contribution in [-0.2, 0) is 0 Å². The summed E-state index contributed by atoms with van der Waals surface area (Å²) in [4.78, 5) is 33.3. The fraction of sp³-hybridized carbons (Fsp3) is 0.174. The van der Waals surface area contributed by atoms with Crippen LogP contribution < -0.4 is 10.5 Å². The molecule has 0 aliphatic carbocycles. The molecule has 0 N–H and O–H groups in total. The molecule has 0 bridgehead atoms. The van der Waals surface area contributed by atoms with Gasteiger partial charge in [-0.1, -0.05) is 24.3 Å². The third-order valence-electron chi connectivity index (χ3n) is 5.34. The lowest BCUT2D eigenvalue weighted by Crippen LogP contribution is -2.49. The monoisotopic (exact) mass is 413 g/mol. The van der Waals surface area contributed by atoms with Crippen molar-refractivity contribution in [1.82, 2.24) is 20.1 Å². The predicted molar refractivity (Wildman–Crippen MR) is 116 cm³/mol. The van der Waals surface area contributed by atoms with E-state index in [0.29, 0.717) is 37.5 Å². The lowest BCUT2D eigenvalue weighted by atomic mass is 10.1. The van der Waals surface area contributed by atoms with Crippen LogP contribution in [-0.4, -0.2) is 52.2 Å². The van der Waals surface area contributed by atoms with E-state index in [0.717, 1.165) is 16.9 Å². The van der Waals surface area contributed by atoms with Gasteiger partial charge in [-0.3, -0.25) is 9.78 Å². The Morgan fingerprint density at radius 1 is 0.871 bits per heavy atom. The Labute approximate surface area is 177 Å². The van der Waals surface area contributed by atoms with Gasteiger partial charge in [0.05, 0.1) is 5.69 Å². The quantitative estimate of drug-likeness (QED) is 0.477. The third kappa shape index (κ3) is 3.75. The van der Waals surface area contributed by atoms with E-state index in [9.17, 15) is 9.59 Å². The summed E-state index contributed by atoms with van der Waals surface area (Å²) in [6.07, 6.45) is 1.72. The first-order chi connectivity index (χ1) is 15.2. The molecule has 1 aliphatic rings. The van der Waals surface area contributed by atoms with Crippen molar-refractivity contribution in [3.63, 3.8) is 0 Å². The zero-order valence-electron chi connectivity index (χ0n) is 16.6. The van der Waals surface area contributed by atoms with Gasteiger partial charge in [-0.25, -0.2) is 4.79 Å². The van der Waals surface area contributed by atoms with E-state index in [-0.39, 0.29) is 11.5 Å². The number of pyridine rings is 1. The minimum atomic E-state index is -0.609. The number of hydrogen-bond acceptors (Lipinski definition) is 7. The number of carbonyl (C=O) groups is 1. The van der Waals surface area contributed by atoms with E-state index in [2.05, 4.69) is 20.1 Å².